The number of nitrogens with two attached hydrogens (primary N) is 1. The van der Waals surface area contributed by atoms with Gasteiger partial charge in [-0.05, 0) is 58.7 Å². The van der Waals surface area contributed by atoms with E-state index >= 15 is 0 Å². The molecule has 2 N–H and O–H groups in total. The highest BCUT2D eigenvalue weighted by atomic mass is 79.9. The molecule has 0 amide bonds. The number of benzene rings is 1. The summed E-state index contributed by atoms with van der Waals surface area (Å²) >= 11 is 11.1. The summed E-state index contributed by atoms with van der Waals surface area (Å²) in [5.74, 6) is 2.62. The van der Waals surface area contributed by atoms with Crippen LogP contribution in [-0.2, 0) is 0 Å². The van der Waals surface area contributed by atoms with E-state index < -0.39 is 0 Å². The Balaban J connectivity index is 2.08. The van der Waals surface area contributed by atoms with Crippen LogP contribution in [0.2, 0.25) is 5.02 Å². The maximum Gasteiger partial charge on any atom is 0.147 e. The molecule has 1 aliphatic rings. The smallest absolute Gasteiger partial charge is 0.147 e. The predicted octanol–water partition coefficient (Wildman–Crippen LogP) is 4.77. The van der Waals surface area contributed by atoms with Gasteiger partial charge in [-0.25, -0.2) is 4.39 Å². The Labute approximate surface area is 125 Å². The summed E-state index contributed by atoms with van der Waals surface area (Å²) in [6.07, 6.45) is 3.21. The van der Waals surface area contributed by atoms with Crippen LogP contribution in [0, 0.1) is 11.7 Å². The molecule has 0 aliphatic carbocycles. The Hall–Kier alpha value is 0.230. The third kappa shape index (κ3) is 3.41. The van der Waals surface area contributed by atoms with Crippen LogP contribution in [0.15, 0.2) is 16.6 Å². The molecule has 1 saturated heterocycles. The lowest BCUT2D eigenvalue weighted by Crippen LogP contribution is -2.19. The monoisotopic (exact) mass is 351 g/mol. The highest BCUT2D eigenvalue weighted by molar-refractivity contribution is 9.10. The van der Waals surface area contributed by atoms with Crippen LogP contribution in [0.4, 0.5) is 4.39 Å². The second kappa shape index (κ2) is 6.60. The molecule has 1 fully saturated rings. The maximum atomic E-state index is 14.0. The molecule has 0 bridgehead atoms. The van der Waals surface area contributed by atoms with Crippen LogP contribution in [0.1, 0.15) is 30.9 Å². The number of hydrogen-bond acceptors (Lipinski definition) is 2. The SMILES string of the molecule is NC(CC1CCSCC1)c1ccc(Br)c(Cl)c1F. The number of halogens is 3. The van der Waals surface area contributed by atoms with Crippen molar-refractivity contribution in [2.24, 2.45) is 11.7 Å². The van der Waals surface area contributed by atoms with Crippen molar-refractivity contribution in [3.63, 3.8) is 0 Å². The minimum Gasteiger partial charge on any atom is -0.324 e. The minimum absolute atomic E-state index is 0.127. The number of hydrogen-bond donors (Lipinski definition) is 1. The van der Waals surface area contributed by atoms with Crippen molar-refractivity contribution < 1.29 is 4.39 Å². The minimum atomic E-state index is -0.385. The third-order valence-corrected chi connectivity index (χ3v) is 5.70. The van der Waals surface area contributed by atoms with Gasteiger partial charge >= 0.3 is 0 Å². The van der Waals surface area contributed by atoms with Gasteiger partial charge in [-0.3, -0.25) is 0 Å². The molecule has 1 aromatic rings. The van der Waals surface area contributed by atoms with Gasteiger partial charge in [0.1, 0.15) is 5.82 Å². The fraction of sp³-hybridized carbons (Fsp3) is 0.538. The first-order valence-corrected chi connectivity index (χ1v) is 8.39. The second-order valence-electron chi connectivity index (χ2n) is 4.66. The molecular formula is C13H16BrClFNS. The van der Waals surface area contributed by atoms with Crippen molar-refractivity contribution in [3.05, 3.63) is 33.0 Å². The van der Waals surface area contributed by atoms with Gasteiger partial charge in [0, 0.05) is 16.1 Å². The first-order chi connectivity index (χ1) is 8.59. The fourth-order valence-electron chi connectivity index (χ4n) is 2.30. The van der Waals surface area contributed by atoms with E-state index in [1.807, 2.05) is 11.8 Å². The Bertz CT molecular complexity index is 424. The number of rotatable bonds is 3. The molecule has 2 rings (SSSR count). The van der Waals surface area contributed by atoms with Crippen LogP contribution in [0.5, 0.6) is 0 Å². The molecule has 5 heteroatoms. The molecule has 1 aromatic carbocycles. The van der Waals surface area contributed by atoms with E-state index in [9.17, 15) is 4.39 Å². The van der Waals surface area contributed by atoms with Gasteiger partial charge in [0.2, 0.25) is 0 Å². The standard InChI is InChI=1S/C13H16BrClFNS/c14-10-2-1-9(13(16)12(10)15)11(17)7-8-3-5-18-6-4-8/h1-2,8,11H,3-7,17H2. The van der Waals surface area contributed by atoms with Crippen LogP contribution >= 0.6 is 39.3 Å². The fourth-order valence-corrected chi connectivity index (χ4v) is 3.98. The summed E-state index contributed by atoms with van der Waals surface area (Å²) in [4.78, 5) is 0. The van der Waals surface area contributed by atoms with Gasteiger partial charge in [-0.1, -0.05) is 17.7 Å². The van der Waals surface area contributed by atoms with Gasteiger partial charge in [0.25, 0.3) is 0 Å². The van der Waals surface area contributed by atoms with E-state index in [-0.39, 0.29) is 16.9 Å². The van der Waals surface area contributed by atoms with E-state index in [0.717, 1.165) is 6.42 Å². The van der Waals surface area contributed by atoms with Gasteiger partial charge in [-0.15, -0.1) is 0 Å². The average molecular weight is 353 g/mol. The van der Waals surface area contributed by atoms with E-state index in [1.54, 1.807) is 12.1 Å². The number of thioether (sulfide) groups is 1. The van der Waals surface area contributed by atoms with Gasteiger partial charge in [0.15, 0.2) is 0 Å². The zero-order valence-electron chi connectivity index (χ0n) is 9.96. The molecule has 1 aliphatic heterocycles. The molecule has 0 aromatic heterocycles. The van der Waals surface area contributed by atoms with Crippen molar-refractivity contribution in [1.82, 2.24) is 0 Å². The van der Waals surface area contributed by atoms with Gasteiger partial charge in [0.05, 0.1) is 5.02 Å². The summed E-state index contributed by atoms with van der Waals surface area (Å²) < 4.78 is 14.6. The molecule has 1 atom stereocenters. The van der Waals surface area contributed by atoms with E-state index in [0.29, 0.717) is 16.0 Å². The Morgan fingerprint density at radius 3 is 2.78 bits per heavy atom. The van der Waals surface area contributed by atoms with Crippen LogP contribution in [0.25, 0.3) is 0 Å². The molecular weight excluding hydrogens is 337 g/mol. The lowest BCUT2D eigenvalue weighted by Gasteiger charge is -2.24. The molecule has 1 heterocycles. The van der Waals surface area contributed by atoms with Crippen LogP contribution in [0.3, 0.4) is 0 Å². The molecule has 0 saturated carbocycles. The van der Waals surface area contributed by atoms with Crippen molar-refractivity contribution in [1.29, 1.82) is 0 Å². The topological polar surface area (TPSA) is 26.0 Å². The molecule has 18 heavy (non-hydrogen) atoms. The summed E-state index contributed by atoms with van der Waals surface area (Å²) in [6, 6.07) is 3.23. The van der Waals surface area contributed by atoms with Crippen LogP contribution < -0.4 is 5.73 Å². The van der Waals surface area contributed by atoms with Gasteiger partial charge < -0.3 is 5.73 Å². The first-order valence-electron chi connectivity index (χ1n) is 6.06. The molecule has 1 nitrogen and oxygen atoms in total. The zero-order chi connectivity index (χ0) is 13.1. The molecule has 0 radical (unpaired) electrons. The van der Waals surface area contributed by atoms with Crippen LogP contribution in [-0.4, -0.2) is 11.5 Å². The zero-order valence-corrected chi connectivity index (χ0v) is 13.1. The summed E-state index contributed by atoms with van der Waals surface area (Å²) in [6.45, 7) is 0. The third-order valence-electron chi connectivity index (χ3n) is 3.39. The van der Waals surface area contributed by atoms with Crippen molar-refractivity contribution in [2.45, 2.75) is 25.3 Å². The summed E-state index contributed by atoms with van der Waals surface area (Å²) in [5.41, 5.74) is 6.65. The van der Waals surface area contributed by atoms with Crippen molar-refractivity contribution >= 4 is 39.3 Å². The van der Waals surface area contributed by atoms with Crippen molar-refractivity contribution in [3.8, 4) is 0 Å². The molecule has 100 valence electrons. The first kappa shape index (κ1) is 14.6. The van der Waals surface area contributed by atoms with E-state index in [1.165, 1.54) is 24.3 Å². The average Bonchev–Trinajstić information content (AvgIpc) is 2.37. The highest BCUT2D eigenvalue weighted by Gasteiger charge is 2.21. The van der Waals surface area contributed by atoms with E-state index in [2.05, 4.69) is 15.9 Å². The van der Waals surface area contributed by atoms with Gasteiger partial charge in [-0.2, -0.15) is 11.8 Å². The Morgan fingerprint density at radius 2 is 2.11 bits per heavy atom. The lowest BCUT2D eigenvalue weighted by molar-refractivity contribution is 0.406. The summed E-state index contributed by atoms with van der Waals surface area (Å²) in [7, 11) is 0. The highest BCUT2D eigenvalue weighted by Crippen LogP contribution is 2.34. The Kier molecular flexibility index (Phi) is 5.36. The van der Waals surface area contributed by atoms with Crippen molar-refractivity contribution in [2.75, 3.05) is 11.5 Å². The second-order valence-corrected chi connectivity index (χ2v) is 7.12. The lowest BCUT2D eigenvalue weighted by atomic mass is 9.91. The quantitative estimate of drug-likeness (QED) is 0.793. The van der Waals surface area contributed by atoms with E-state index in [4.69, 9.17) is 17.3 Å². The normalized spacial score (nSPS) is 18.9. The Morgan fingerprint density at radius 1 is 1.44 bits per heavy atom. The predicted molar refractivity (Wildman–Crippen MR) is 80.7 cm³/mol. The largest absolute Gasteiger partial charge is 0.324 e. The maximum absolute atomic E-state index is 14.0. The molecule has 1 unspecified atom stereocenters. The summed E-state index contributed by atoms with van der Waals surface area (Å²) in [5, 5.41) is 0.127. The molecule has 0 spiro atoms.